The summed E-state index contributed by atoms with van der Waals surface area (Å²) in [6, 6.07) is 15.4. The maximum Gasteiger partial charge on any atom is 0.296 e. The number of nitrogens with zero attached hydrogens (tertiary/aromatic N) is 2. The van der Waals surface area contributed by atoms with Crippen molar-refractivity contribution in [3.05, 3.63) is 95.2 Å². The molecule has 170 valence electrons. The minimum Gasteiger partial charge on any atom is -0.507 e. The molecule has 1 fully saturated rings. The molecule has 4 rings (SSSR count). The van der Waals surface area contributed by atoms with Crippen LogP contribution in [0.5, 0.6) is 0 Å². The lowest BCUT2D eigenvalue weighted by atomic mass is 9.95. The summed E-state index contributed by atoms with van der Waals surface area (Å²) in [5.74, 6) is -1.81. The van der Waals surface area contributed by atoms with Crippen LogP contribution < -0.4 is 4.90 Å². The van der Waals surface area contributed by atoms with E-state index in [1.807, 2.05) is 24.3 Å². The van der Waals surface area contributed by atoms with Gasteiger partial charge in [0.1, 0.15) is 17.3 Å². The zero-order chi connectivity index (χ0) is 23.5. The van der Waals surface area contributed by atoms with Crippen LogP contribution in [0.2, 0.25) is 0 Å². The lowest BCUT2D eigenvalue weighted by molar-refractivity contribution is -0.140. The molecule has 2 heterocycles. The number of aliphatic hydroxyl groups is 1. The zero-order valence-electron chi connectivity index (χ0n) is 18.5. The maximum absolute atomic E-state index is 13.4. The molecule has 0 aliphatic carbocycles. The van der Waals surface area contributed by atoms with Gasteiger partial charge in [0.25, 0.3) is 11.7 Å². The van der Waals surface area contributed by atoms with Gasteiger partial charge in [0, 0.05) is 24.3 Å². The first-order chi connectivity index (χ1) is 15.9. The van der Waals surface area contributed by atoms with Crippen LogP contribution in [0.15, 0.2) is 76.9 Å². The number of carbonyl (C=O) groups is 2. The van der Waals surface area contributed by atoms with Crippen molar-refractivity contribution in [2.45, 2.75) is 26.4 Å². The summed E-state index contributed by atoms with van der Waals surface area (Å²) in [5.41, 5.74) is 1.93. The third-order valence-electron chi connectivity index (χ3n) is 5.90. The highest BCUT2D eigenvalue weighted by Crippen LogP contribution is 2.40. The molecule has 6 nitrogen and oxygen atoms in total. The molecule has 33 heavy (non-hydrogen) atoms. The number of ketones is 1. The molecule has 1 amide bonds. The Kier molecular flexibility index (Phi) is 6.31. The molecule has 0 saturated carbocycles. The van der Waals surface area contributed by atoms with Gasteiger partial charge in [-0.1, -0.05) is 12.1 Å². The molecule has 0 spiro atoms. The van der Waals surface area contributed by atoms with E-state index in [9.17, 15) is 19.1 Å². The molecule has 1 aromatic heterocycles. The first-order valence-electron chi connectivity index (χ1n) is 10.9. The van der Waals surface area contributed by atoms with Gasteiger partial charge >= 0.3 is 0 Å². The summed E-state index contributed by atoms with van der Waals surface area (Å²) in [4.78, 5) is 29.6. The summed E-state index contributed by atoms with van der Waals surface area (Å²) in [6.07, 6.45) is 1.50. The highest BCUT2D eigenvalue weighted by Gasteiger charge is 2.46. The lowest BCUT2D eigenvalue weighted by Gasteiger charge is -2.26. The number of carbonyl (C=O) groups excluding carboxylic acids is 2. The normalized spacial score (nSPS) is 17.5. The minimum atomic E-state index is -0.814. The molecule has 7 heteroatoms. The highest BCUT2D eigenvalue weighted by atomic mass is 19.1. The fourth-order valence-corrected chi connectivity index (χ4v) is 4.18. The molecular weight excluding hydrogens is 423 g/mol. The third-order valence-corrected chi connectivity index (χ3v) is 5.90. The first kappa shape index (κ1) is 22.3. The van der Waals surface area contributed by atoms with Gasteiger partial charge in [-0.25, -0.2) is 4.39 Å². The van der Waals surface area contributed by atoms with Crippen LogP contribution in [0.4, 0.5) is 10.1 Å². The average molecular weight is 448 g/mol. The van der Waals surface area contributed by atoms with Crippen LogP contribution in [0.25, 0.3) is 5.76 Å². The van der Waals surface area contributed by atoms with Crippen molar-refractivity contribution >= 4 is 23.1 Å². The van der Waals surface area contributed by atoms with Crippen LogP contribution in [0, 0.1) is 5.82 Å². The molecule has 1 N–H and O–H groups in total. The van der Waals surface area contributed by atoms with Crippen LogP contribution in [0.3, 0.4) is 0 Å². The van der Waals surface area contributed by atoms with Crippen LogP contribution in [-0.4, -0.2) is 34.8 Å². The Labute approximate surface area is 191 Å². The topological polar surface area (TPSA) is 74.0 Å². The van der Waals surface area contributed by atoms with Crippen molar-refractivity contribution in [3.8, 4) is 0 Å². The fraction of sp³-hybridized carbons (Fsp3) is 0.231. The second-order valence-corrected chi connectivity index (χ2v) is 7.78. The van der Waals surface area contributed by atoms with E-state index in [1.54, 1.807) is 12.1 Å². The summed E-state index contributed by atoms with van der Waals surface area (Å²) >= 11 is 0. The quantitative estimate of drug-likeness (QED) is 0.317. The Balaban J connectivity index is 1.82. The Morgan fingerprint density at radius 3 is 2.27 bits per heavy atom. The first-order valence-corrected chi connectivity index (χ1v) is 10.9. The van der Waals surface area contributed by atoms with E-state index >= 15 is 0 Å². The van der Waals surface area contributed by atoms with Crippen molar-refractivity contribution in [2.75, 3.05) is 18.0 Å². The molecule has 1 unspecified atom stereocenters. The lowest BCUT2D eigenvalue weighted by Crippen LogP contribution is -2.29. The van der Waals surface area contributed by atoms with Crippen LogP contribution in [-0.2, 0) is 16.1 Å². The Morgan fingerprint density at radius 2 is 1.70 bits per heavy atom. The second-order valence-electron chi connectivity index (χ2n) is 7.78. The van der Waals surface area contributed by atoms with Gasteiger partial charge in [-0.2, -0.15) is 0 Å². The Hall–Kier alpha value is -3.87. The van der Waals surface area contributed by atoms with E-state index in [0.717, 1.165) is 18.8 Å². The molecule has 0 bridgehead atoms. The number of hydrogen-bond donors (Lipinski definition) is 1. The Morgan fingerprint density at radius 1 is 1.03 bits per heavy atom. The van der Waals surface area contributed by atoms with Gasteiger partial charge in [0.15, 0.2) is 0 Å². The van der Waals surface area contributed by atoms with E-state index in [4.69, 9.17) is 4.42 Å². The van der Waals surface area contributed by atoms with Crippen molar-refractivity contribution in [1.29, 1.82) is 0 Å². The third kappa shape index (κ3) is 4.26. The number of rotatable bonds is 7. The Bertz CT molecular complexity index is 1160. The number of likely N-dealkylation sites (tertiary alicyclic amines) is 1. The van der Waals surface area contributed by atoms with Gasteiger partial charge in [-0.3, -0.25) is 9.59 Å². The predicted molar refractivity (Wildman–Crippen MR) is 123 cm³/mol. The summed E-state index contributed by atoms with van der Waals surface area (Å²) in [7, 11) is 0. The molecule has 1 aliphatic rings. The van der Waals surface area contributed by atoms with Gasteiger partial charge in [-0.05, 0) is 67.9 Å². The van der Waals surface area contributed by atoms with Crippen LogP contribution >= 0.6 is 0 Å². The van der Waals surface area contributed by atoms with E-state index in [2.05, 4.69) is 18.7 Å². The smallest absolute Gasteiger partial charge is 0.296 e. The molecule has 3 aromatic rings. The molecular formula is C26H25FN2O4. The number of halogens is 1. The summed E-state index contributed by atoms with van der Waals surface area (Å²) in [6.45, 7) is 5.89. The molecule has 2 aromatic carbocycles. The largest absolute Gasteiger partial charge is 0.507 e. The van der Waals surface area contributed by atoms with Crippen molar-refractivity contribution in [2.24, 2.45) is 0 Å². The number of Topliss-reactive ketones (excluding diaryl/α,β-unsaturated/α-hetero) is 1. The second kappa shape index (κ2) is 9.32. The SMILES string of the molecule is CCN(CC)c1ccc(C2C(=C(O)c3ccc(F)cc3)C(=O)C(=O)N2Cc2ccco2)cc1. The van der Waals surface area contributed by atoms with Crippen molar-refractivity contribution in [3.63, 3.8) is 0 Å². The molecule has 1 aliphatic heterocycles. The summed E-state index contributed by atoms with van der Waals surface area (Å²) < 4.78 is 18.8. The zero-order valence-corrected chi connectivity index (χ0v) is 18.5. The fourth-order valence-electron chi connectivity index (χ4n) is 4.18. The van der Waals surface area contributed by atoms with Gasteiger partial charge in [-0.15, -0.1) is 0 Å². The minimum absolute atomic E-state index is 0.0336. The average Bonchev–Trinajstić information content (AvgIpc) is 3.43. The number of aliphatic hydroxyl groups excluding tert-OH is 1. The molecule has 1 saturated heterocycles. The monoisotopic (exact) mass is 448 g/mol. The van der Waals surface area contributed by atoms with E-state index < -0.39 is 23.5 Å². The number of hydrogen-bond acceptors (Lipinski definition) is 5. The number of furan rings is 1. The van der Waals surface area contributed by atoms with Gasteiger partial charge in [0.2, 0.25) is 0 Å². The van der Waals surface area contributed by atoms with Gasteiger partial charge in [0.05, 0.1) is 24.4 Å². The van der Waals surface area contributed by atoms with Crippen molar-refractivity contribution < 1.29 is 23.5 Å². The van der Waals surface area contributed by atoms with E-state index in [1.165, 1.54) is 35.4 Å². The van der Waals surface area contributed by atoms with E-state index in [-0.39, 0.29) is 23.4 Å². The van der Waals surface area contributed by atoms with Crippen molar-refractivity contribution in [1.82, 2.24) is 4.90 Å². The van der Waals surface area contributed by atoms with Gasteiger partial charge < -0.3 is 19.3 Å². The molecule has 1 atom stereocenters. The number of amides is 1. The number of anilines is 1. The number of benzene rings is 2. The summed E-state index contributed by atoms with van der Waals surface area (Å²) in [5, 5.41) is 11.0. The predicted octanol–water partition coefficient (Wildman–Crippen LogP) is 4.89. The molecule has 0 radical (unpaired) electrons. The highest BCUT2D eigenvalue weighted by molar-refractivity contribution is 6.46. The standard InChI is InChI=1S/C26H25FN2O4/c1-3-28(4-2)20-13-9-17(10-14-20)23-22(24(30)18-7-11-19(27)12-8-18)25(31)26(32)29(23)16-21-6-5-15-33-21/h5-15,23,30H,3-4,16H2,1-2H3. The maximum atomic E-state index is 13.4. The van der Waals surface area contributed by atoms with Crippen LogP contribution in [0.1, 0.15) is 36.8 Å². The van der Waals surface area contributed by atoms with E-state index in [0.29, 0.717) is 11.3 Å².